The number of benzene rings is 1. The van der Waals surface area contributed by atoms with E-state index in [0.29, 0.717) is 23.9 Å². The van der Waals surface area contributed by atoms with Gasteiger partial charge in [0.15, 0.2) is 0 Å². The summed E-state index contributed by atoms with van der Waals surface area (Å²) in [6.07, 6.45) is 1.15. The number of nitrogens with one attached hydrogen (secondary N) is 1. The van der Waals surface area contributed by atoms with E-state index in [0.717, 1.165) is 26.1 Å². The van der Waals surface area contributed by atoms with Crippen LogP contribution in [0.1, 0.15) is 38.7 Å². The highest BCUT2D eigenvalue weighted by atomic mass is 15.2. The third-order valence-corrected chi connectivity index (χ3v) is 4.01. The minimum atomic E-state index is 0.291. The Hall–Kier alpha value is -1.37. The maximum absolute atomic E-state index is 9.01. The van der Waals surface area contributed by atoms with E-state index in [4.69, 9.17) is 5.26 Å². The van der Waals surface area contributed by atoms with Crippen LogP contribution in [0.5, 0.6) is 0 Å². The molecule has 1 N–H and O–H groups in total. The molecule has 0 bridgehead atoms. The third-order valence-electron chi connectivity index (χ3n) is 4.01. The molecule has 3 nitrogen and oxygen atoms in total. The van der Waals surface area contributed by atoms with Gasteiger partial charge in [-0.05, 0) is 23.3 Å². The predicted molar refractivity (Wildman–Crippen MR) is 87.1 cm³/mol. The van der Waals surface area contributed by atoms with E-state index in [9.17, 15) is 0 Å². The van der Waals surface area contributed by atoms with Crippen LogP contribution in [-0.4, -0.2) is 37.1 Å². The zero-order chi connectivity index (χ0) is 15.3. The average Bonchev–Trinajstić information content (AvgIpc) is 2.46. The second-order valence-electron chi connectivity index (χ2n) is 7.33. The molecule has 21 heavy (non-hydrogen) atoms. The van der Waals surface area contributed by atoms with Crippen molar-refractivity contribution in [3.8, 4) is 6.07 Å². The van der Waals surface area contributed by atoms with Crippen molar-refractivity contribution < 1.29 is 0 Å². The van der Waals surface area contributed by atoms with Gasteiger partial charge < -0.3 is 5.32 Å². The van der Waals surface area contributed by atoms with Crippen LogP contribution in [0.15, 0.2) is 30.3 Å². The Kier molecular flexibility index (Phi) is 5.39. The Balaban J connectivity index is 2.03. The fraction of sp³-hybridized carbons (Fsp3) is 0.611. The van der Waals surface area contributed by atoms with Gasteiger partial charge in [-0.15, -0.1) is 0 Å². The lowest BCUT2D eigenvalue weighted by atomic mass is 9.87. The number of hydrogen-bond acceptors (Lipinski definition) is 3. The van der Waals surface area contributed by atoms with Crippen LogP contribution in [0.3, 0.4) is 0 Å². The summed E-state index contributed by atoms with van der Waals surface area (Å²) in [4.78, 5) is 2.28. The van der Waals surface area contributed by atoms with Gasteiger partial charge in [0.05, 0.1) is 12.6 Å². The van der Waals surface area contributed by atoms with Gasteiger partial charge >= 0.3 is 0 Å². The Morgan fingerprint density at radius 3 is 2.57 bits per heavy atom. The summed E-state index contributed by atoms with van der Waals surface area (Å²) in [6.45, 7) is 10.3. The summed E-state index contributed by atoms with van der Waals surface area (Å²) in [5, 5.41) is 12.7. The number of nitrogens with zero attached hydrogens (tertiary/aromatic N) is 2. The summed E-state index contributed by atoms with van der Waals surface area (Å²) in [5.74, 6) is 0.519. The average molecular weight is 285 g/mol. The molecule has 0 saturated carbocycles. The molecular formula is C18H27N3. The van der Waals surface area contributed by atoms with Crippen LogP contribution in [0.25, 0.3) is 0 Å². The van der Waals surface area contributed by atoms with Gasteiger partial charge in [-0.3, -0.25) is 4.90 Å². The maximum atomic E-state index is 9.01. The molecule has 114 valence electrons. The van der Waals surface area contributed by atoms with Crippen molar-refractivity contribution in [1.29, 1.82) is 5.26 Å². The number of piperidine rings is 1. The molecule has 1 aromatic carbocycles. The molecule has 1 aliphatic rings. The molecule has 3 heteroatoms. The number of likely N-dealkylation sites (tertiary alicyclic amines) is 1. The highest BCUT2D eigenvalue weighted by Crippen LogP contribution is 2.27. The second kappa shape index (κ2) is 7.06. The largest absolute Gasteiger partial charge is 0.312 e. The van der Waals surface area contributed by atoms with Gasteiger partial charge in [0, 0.05) is 25.7 Å². The SMILES string of the molecule is CC(C)(C)CNC1CC(c2ccccc2)CN(CC#N)C1. The van der Waals surface area contributed by atoms with Gasteiger partial charge in [-0.1, -0.05) is 51.1 Å². The second-order valence-corrected chi connectivity index (χ2v) is 7.33. The van der Waals surface area contributed by atoms with Crippen LogP contribution in [-0.2, 0) is 0 Å². The summed E-state index contributed by atoms with van der Waals surface area (Å²) in [5.41, 5.74) is 1.68. The first kappa shape index (κ1) is 16.0. The Bertz CT molecular complexity index is 469. The standard InChI is InChI=1S/C18H27N3/c1-18(2,3)14-20-17-11-16(12-21(13-17)10-9-19)15-7-5-4-6-8-15/h4-8,16-17,20H,10-14H2,1-3H3. The van der Waals surface area contributed by atoms with E-state index >= 15 is 0 Å². The summed E-state index contributed by atoms with van der Waals surface area (Å²) in [6, 6.07) is 13.5. The van der Waals surface area contributed by atoms with Crippen LogP contribution in [0.2, 0.25) is 0 Å². The summed E-state index contributed by atoms with van der Waals surface area (Å²) < 4.78 is 0. The van der Waals surface area contributed by atoms with Gasteiger partial charge in [0.25, 0.3) is 0 Å². The smallest absolute Gasteiger partial charge is 0.0866 e. The molecule has 1 aliphatic heterocycles. The van der Waals surface area contributed by atoms with Crippen LogP contribution in [0.4, 0.5) is 0 Å². The van der Waals surface area contributed by atoms with E-state index in [1.807, 2.05) is 0 Å². The molecule has 2 rings (SSSR count). The first-order valence-corrected chi connectivity index (χ1v) is 7.85. The first-order valence-electron chi connectivity index (χ1n) is 7.85. The van der Waals surface area contributed by atoms with E-state index in [1.54, 1.807) is 0 Å². The lowest BCUT2D eigenvalue weighted by Crippen LogP contribution is -2.50. The van der Waals surface area contributed by atoms with Gasteiger partial charge in [-0.2, -0.15) is 5.26 Å². The molecule has 0 aromatic heterocycles. The van der Waals surface area contributed by atoms with Crippen molar-refractivity contribution in [1.82, 2.24) is 10.2 Å². The molecular weight excluding hydrogens is 258 g/mol. The predicted octanol–water partition coefficient (Wildman–Crippen LogP) is 3.00. The lowest BCUT2D eigenvalue weighted by Gasteiger charge is -2.38. The van der Waals surface area contributed by atoms with Crippen LogP contribution < -0.4 is 5.32 Å². The van der Waals surface area contributed by atoms with E-state index < -0.39 is 0 Å². The van der Waals surface area contributed by atoms with E-state index in [-0.39, 0.29) is 0 Å². The number of hydrogen-bond donors (Lipinski definition) is 1. The molecule has 0 amide bonds. The molecule has 0 radical (unpaired) electrons. The number of nitriles is 1. The highest BCUT2D eigenvalue weighted by molar-refractivity contribution is 5.21. The summed E-state index contributed by atoms with van der Waals surface area (Å²) in [7, 11) is 0. The van der Waals surface area contributed by atoms with Crippen LogP contribution in [0, 0.1) is 16.7 Å². The molecule has 1 saturated heterocycles. The summed E-state index contributed by atoms with van der Waals surface area (Å²) >= 11 is 0. The molecule has 1 heterocycles. The van der Waals surface area contributed by atoms with Gasteiger partial charge in [-0.25, -0.2) is 0 Å². The van der Waals surface area contributed by atoms with Crippen LogP contribution >= 0.6 is 0 Å². The monoisotopic (exact) mass is 285 g/mol. The van der Waals surface area contributed by atoms with Crippen molar-refractivity contribution in [2.75, 3.05) is 26.2 Å². The van der Waals surface area contributed by atoms with Crippen molar-refractivity contribution in [3.63, 3.8) is 0 Å². The topological polar surface area (TPSA) is 39.1 Å². The molecule has 0 aliphatic carbocycles. The Morgan fingerprint density at radius 1 is 1.24 bits per heavy atom. The molecule has 2 atom stereocenters. The van der Waals surface area contributed by atoms with Crippen molar-refractivity contribution in [2.45, 2.75) is 39.2 Å². The lowest BCUT2D eigenvalue weighted by molar-refractivity contribution is 0.179. The van der Waals surface area contributed by atoms with E-state index in [1.165, 1.54) is 5.56 Å². The first-order chi connectivity index (χ1) is 9.98. The van der Waals surface area contributed by atoms with E-state index in [2.05, 4.69) is 67.4 Å². The quantitative estimate of drug-likeness (QED) is 0.864. The maximum Gasteiger partial charge on any atom is 0.0866 e. The minimum Gasteiger partial charge on any atom is -0.312 e. The third kappa shape index (κ3) is 5.15. The van der Waals surface area contributed by atoms with Crippen molar-refractivity contribution >= 4 is 0 Å². The van der Waals surface area contributed by atoms with Gasteiger partial charge in [0.1, 0.15) is 0 Å². The van der Waals surface area contributed by atoms with Crippen molar-refractivity contribution in [3.05, 3.63) is 35.9 Å². The highest BCUT2D eigenvalue weighted by Gasteiger charge is 2.28. The minimum absolute atomic E-state index is 0.291. The Labute approximate surface area is 129 Å². The normalized spacial score (nSPS) is 23.7. The molecule has 1 aromatic rings. The molecule has 2 unspecified atom stereocenters. The Morgan fingerprint density at radius 2 is 1.95 bits per heavy atom. The van der Waals surface area contributed by atoms with Crippen molar-refractivity contribution in [2.24, 2.45) is 5.41 Å². The zero-order valence-corrected chi connectivity index (χ0v) is 13.5. The molecule has 0 spiro atoms. The number of rotatable bonds is 4. The zero-order valence-electron chi connectivity index (χ0n) is 13.5. The van der Waals surface area contributed by atoms with Gasteiger partial charge in [0.2, 0.25) is 0 Å². The fourth-order valence-electron chi connectivity index (χ4n) is 2.98. The molecule has 1 fully saturated rings. The fourth-order valence-corrected chi connectivity index (χ4v) is 2.98.